The SMILES string of the molecule is CC1=CSC(C)(C(=O)O[C@]2(C(=O)SCF)[C@H](C)C[C@H]3[C@@H]4C[C@H](F)C5=CC(=O)C=C[C@]5(C)[C@@]4(F)[C@@H](O)C[C@@]32C)N1. The van der Waals surface area contributed by atoms with E-state index in [4.69, 9.17) is 4.74 Å². The summed E-state index contributed by atoms with van der Waals surface area (Å²) in [5.74, 6) is -3.55. The summed E-state index contributed by atoms with van der Waals surface area (Å²) in [5, 5.41) is 15.7. The average molecular weight is 586 g/mol. The smallest absolute Gasteiger partial charge is 0.343 e. The molecule has 0 amide bonds. The molecule has 0 aromatic rings. The van der Waals surface area contributed by atoms with Gasteiger partial charge in [0.05, 0.1) is 6.10 Å². The first-order chi connectivity index (χ1) is 18.1. The molecule has 1 aliphatic heterocycles. The Balaban J connectivity index is 1.61. The fourth-order valence-electron chi connectivity index (χ4n) is 8.36. The third-order valence-electron chi connectivity index (χ3n) is 10.2. The van der Waals surface area contributed by atoms with Crippen molar-refractivity contribution >= 4 is 40.4 Å². The highest BCUT2D eigenvalue weighted by Gasteiger charge is 2.78. The van der Waals surface area contributed by atoms with Crippen molar-refractivity contribution in [3.8, 4) is 0 Å². The van der Waals surface area contributed by atoms with Crippen LogP contribution in [0, 0.1) is 28.6 Å². The molecule has 214 valence electrons. The van der Waals surface area contributed by atoms with E-state index in [-0.39, 0.29) is 24.8 Å². The second-order valence-corrected chi connectivity index (χ2v) is 14.4. The van der Waals surface area contributed by atoms with E-state index in [0.717, 1.165) is 11.8 Å². The number of ketones is 1. The minimum Gasteiger partial charge on any atom is -0.447 e. The lowest BCUT2D eigenvalue weighted by molar-refractivity contribution is -0.229. The van der Waals surface area contributed by atoms with E-state index in [1.807, 2.05) is 0 Å². The Kier molecular flexibility index (Phi) is 6.75. The van der Waals surface area contributed by atoms with Crippen molar-refractivity contribution in [1.29, 1.82) is 0 Å². The van der Waals surface area contributed by atoms with E-state index in [2.05, 4.69) is 5.32 Å². The Hall–Kier alpha value is -1.72. The molecule has 2 N–H and O–H groups in total. The fourth-order valence-corrected chi connectivity index (χ4v) is 9.98. The van der Waals surface area contributed by atoms with Crippen molar-refractivity contribution in [1.82, 2.24) is 5.32 Å². The topological polar surface area (TPSA) is 92.7 Å². The van der Waals surface area contributed by atoms with E-state index < -0.39 is 79.9 Å². The molecule has 3 saturated carbocycles. The summed E-state index contributed by atoms with van der Waals surface area (Å²) in [4.78, 5) is 38.3. The van der Waals surface area contributed by atoms with E-state index in [9.17, 15) is 23.9 Å². The molecule has 0 bridgehead atoms. The van der Waals surface area contributed by atoms with Gasteiger partial charge in [-0.25, -0.2) is 18.0 Å². The van der Waals surface area contributed by atoms with Crippen LogP contribution >= 0.6 is 23.5 Å². The third kappa shape index (κ3) is 3.64. The molecule has 4 aliphatic carbocycles. The first-order valence-electron chi connectivity index (χ1n) is 13.2. The lowest BCUT2D eigenvalue weighted by Gasteiger charge is -2.63. The summed E-state index contributed by atoms with van der Waals surface area (Å²) in [6.45, 7) is 8.29. The van der Waals surface area contributed by atoms with Gasteiger partial charge in [-0.1, -0.05) is 31.7 Å². The van der Waals surface area contributed by atoms with Crippen LogP contribution in [0.5, 0.6) is 0 Å². The van der Waals surface area contributed by atoms with Gasteiger partial charge in [0.1, 0.15) is 12.2 Å². The number of fused-ring (bicyclic) bond motifs is 5. The maximum absolute atomic E-state index is 17.5. The second kappa shape index (κ2) is 9.14. The Morgan fingerprint density at radius 2 is 1.95 bits per heavy atom. The van der Waals surface area contributed by atoms with Crippen LogP contribution in [0.2, 0.25) is 0 Å². The van der Waals surface area contributed by atoms with E-state index >= 15 is 8.78 Å². The third-order valence-corrected chi connectivity index (χ3v) is 12.1. The van der Waals surface area contributed by atoms with Gasteiger partial charge >= 0.3 is 5.97 Å². The molecular weight excluding hydrogens is 551 g/mol. The molecule has 5 rings (SSSR count). The zero-order valence-corrected chi connectivity index (χ0v) is 24.2. The maximum Gasteiger partial charge on any atom is 0.343 e. The lowest BCUT2D eigenvalue weighted by atomic mass is 9.44. The van der Waals surface area contributed by atoms with Crippen molar-refractivity contribution in [3.05, 3.63) is 34.9 Å². The van der Waals surface area contributed by atoms with Crippen LogP contribution in [0.15, 0.2) is 34.9 Å². The summed E-state index contributed by atoms with van der Waals surface area (Å²) in [5.41, 5.74) is -6.36. The number of carbonyl (C=O) groups excluding carboxylic acids is 3. The predicted octanol–water partition coefficient (Wildman–Crippen LogP) is 4.93. The van der Waals surface area contributed by atoms with Gasteiger partial charge in [0.25, 0.3) is 0 Å². The number of alkyl halides is 3. The number of allylic oxidation sites excluding steroid dienone is 5. The van der Waals surface area contributed by atoms with Crippen LogP contribution < -0.4 is 5.32 Å². The molecule has 10 atom stereocenters. The first kappa shape index (κ1) is 28.8. The van der Waals surface area contributed by atoms with Crippen LogP contribution in [0.3, 0.4) is 0 Å². The number of ether oxygens (including phenoxy) is 1. The molecule has 0 radical (unpaired) electrons. The van der Waals surface area contributed by atoms with Crippen molar-refractivity contribution in [2.75, 3.05) is 6.01 Å². The number of rotatable bonds is 4. The van der Waals surface area contributed by atoms with Crippen LogP contribution in [0.1, 0.15) is 53.9 Å². The summed E-state index contributed by atoms with van der Waals surface area (Å²) in [6, 6.07) is -1.05. The highest BCUT2D eigenvalue weighted by atomic mass is 32.2. The summed E-state index contributed by atoms with van der Waals surface area (Å²) < 4.78 is 53.0. The molecule has 11 heteroatoms. The Morgan fingerprint density at radius 1 is 1.26 bits per heavy atom. The number of aliphatic hydroxyl groups excluding tert-OH is 1. The van der Waals surface area contributed by atoms with Gasteiger partial charge in [0, 0.05) is 28.4 Å². The lowest BCUT2D eigenvalue weighted by Crippen LogP contribution is -2.71. The quantitative estimate of drug-likeness (QED) is 0.449. The fraction of sp³-hybridized carbons (Fsp3) is 0.679. The van der Waals surface area contributed by atoms with Gasteiger partial charge in [-0.15, -0.1) is 0 Å². The highest BCUT2D eigenvalue weighted by Crippen LogP contribution is 2.72. The maximum atomic E-state index is 17.5. The van der Waals surface area contributed by atoms with Crippen molar-refractivity contribution in [2.24, 2.45) is 28.6 Å². The summed E-state index contributed by atoms with van der Waals surface area (Å²) in [6.07, 6.45) is 0.0160. The number of hydrogen-bond donors (Lipinski definition) is 2. The number of halogens is 3. The zero-order chi connectivity index (χ0) is 28.8. The molecule has 0 aromatic carbocycles. The molecular formula is C28H34F3NO5S2. The minimum atomic E-state index is -2.34. The predicted molar refractivity (Wildman–Crippen MR) is 143 cm³/mol. The first-order valence-corrected chi connectivity index (χ1v) is 15.0. The molecule has 5 aliphatic rings. The van der Waals surface area contributed by atoms with E-state index in [1.165, 1.54) is 30.8 Å². The van der Waals surface area contributed by atoms with Crippen molar-refractivity contribution < 1.29 is 37.4 Å². The molecule has 0 aromatic heterocycles. The Morgan fingerprint density at radius 3 is 2.56 bits per heavy atom. The number of esters is 1. The number of hydrogen-bond acceptors (Lipinski definition) is 8. The number of carbonyl (C=O) groups is 3. The van der Waals surface area contributed by atoms with Gasteiger partial charge in [-0.05, 0) is 80.8 Å². The van der Waals surface area contributed by atoms with Crippen molar-refractivity contribution in [3.63, 3.8) is 0 Å². The standard InChI is InChI=1S/C28H34F3NO5S2/c1-14-8-17-18-10-20(30)19-9-16(33)6-7-24(19,3)27(18,31)21(34)11-25(17,4)28(14,23(36)38-13-29)37-22(35)26(5)32-15(2)12-39-26/h6-7,9,12,14,17-18,20-21,32,34H,8,10-11,13H2,1-5H3/t14-,17+,18+,20+,21+,24+,25+,26?,27+,28+/m1/s1. The monoisotopic (exact) mass is 585 g/mol. The molecule has 39 heavy (non-hydrogen) atoms. The van der Waals surface area contributed by atoms with Crippen LogP contribution in [-0.2, 0) is 19.1 Å². The van der Waals surface area contributed by atoms with Gasteiger partial charge in [-0.2, -0.15) is 0 Å². The molecule has 1 heterocycles. The van der Waals surface area contributed by atoms with Crippen LogP contribution in [-0.4, -0.2) is 56.4 Å². The molecule has 0 saturated heterocycles. The van der Waals surface area contributed by atoms with Gasteiger partial charge < -0.3 is 15.2 Å². The average Bonchev–Trinajstić information content (AvgIpc) is 3.32. The van der Waals surface area contributed by atoms with E-state index in [1.54, 1.807) is 33.1 Å². The highest BCUT2D eigenvalue weighted by molar-refractivity contribution is 8.13. The van der Waals surface area contributed by atoms with Crippen LogP contribution in [0.4, 0.5) is 13.2 Å². The van der Waals surface area contributed by atoms with Gasteiger partial charge in [0.2, 0.25) is 5.12 Å². The van der Waals surface area contributed by atoms with Crippen molar-refractivity contribution in [2.45, 2.75) is 82.3 Å². The van der Waals surface area contributed by atoms with Crippen LogP contribution in [0.25, 0.3) is 0 Å². The number of thioether (sulfide) groups is 2. The molecule has 0 spiro atoms. The largest absolute Gasteiger partial charge is 0.447 e. The summed E-state index contributed by atoms with van der Waals surface area (Å²) >= 11 is 1.57. The number of aliphatic hydroxyl groups is 1. The molecule has 3 fully saturated rings. The molecule has 1 unspecified atom stereocenters. The zero-order valence-electron chi connectivity index (χ0n) is 22.6. The Bertz CT molecular complexity index is 1230. The van der Waals surface area contributed by atoms with Gasteiger partial charge in [0.15, 0.2) is 21.9 Å². The summed E-state index contributed by atoms with van der Waals surface area (Å²) in [7, 11) is 0. The normalized spacial score (nSPS) is 48.3. The molecule has 6 nitrogen and oxygen atoms in total. The number of nitrogens with one attached hydrogen (secondary N) is 1. The minimum absolute atomic E-state index is 0.00401. The Labute approximate surface area is 234 Å². The second-order valence-electron chi connectivity index (χ2n) is 12.2. The van der Waals surface area contributed by atoms with E-state index in [0.29, 0.717) is 11.8 Å². The van der Waals surface area contributed by atoms with Gasteiger partial charge in [-0.3, -0.25) is 9.59 Å².